The number of benzene rings is 1. The average Bonchev–Trinajstić information content (AvgIpc) is 2.46. The number of carbonyl (C=O) groups is 1. The molecule has 1 N–H and O–H groups in total. The predicted octanol–water partition coefficient (Wildman–Crippen LogP) is 3.12. The van der Waals surface area contributed by atoms with E-state index >= 15 is 0 Å². The van der Waals surface area contributed by atoms with Crippen LogP contribution >= 0.6 is 0 Å². The van der Waals surface area contributed by atoms with Crippen molar-refractivity contribution in [3.8, 4) is 0 Å². The minimum atomic E-state index is 0.188. The molecule has 0 saturated heterocycles. The van der Waals surface area contributed by atoms with Crippen molar-refractivity contribution in [2.24, 2.45) is 0 Å². The molecule has 0 aliphatic heterocycles. The lowest BCUT2D eigenvalue weighted by Crippen LogP contribution is -2.40. The van der Waals surface area contributed by atoms with Crippen LogP contribution in [0.15, 0.2) is 24.3 Å². The Morgan fingerprint density at radius 3 is 2.45 bits per heavy atom. The summed E-state index contributed by atoms with van der Waals surface area (Å²) in [6.45, 7) is 10.4. The van der Waals surface area contributed by atoms with E-state index in [0.717, 1.165) is 19.4 Å². The van der Waals surface area contributed by atoms with E-state index in [4.69, 9.17) is 0 Å². The molecule has 1 aromatic carbocycles. The first kappa shape index (κ1) is 16.7. The zero-order valence-electron chi connectivity index (χ0n) is 13.3. The van der Waals surface area contributed by atoms with Crippen molar-refractivity contribution < 1.29 is 4.79 Å². The minimum absolute atomic E-state index is 0.188. The molecule has 0 bridgehead atoms. The van der Waals surface area contributed by atoms with Gasteiger partial charge in [0.1, 0.15) is 0 Å². The fraction of sp³-hybridized carbons (Fsp3) is 0.588. The summed E-state index contributed by atoms with van der Waals surface area (Å²) in [4.78, 5) is 14.2. The normalized spacial score (nSPS) is 12.2. The smallest absolute Gasteiger partial charge is 0.236 e. The van der Waals surface area contributed by atoms with Gasteiger partial charge >= 0.3 is 0 Å². The molecule has 0 radical (unpaired) electrons. The summed E-state index contributed by atoms with van der Waals surface area (Å²) >= 11 is 0. The molecule has 1 rings (SSSR count). The van der Waals surface area contributed by atoms with Gasteiger partial charge in [0.05, 0.1) is 6.54 Å². The summed E-state index contributed by atoms with van der Waals surface area (Å²) in [5.41, 5.74) is 2.45. The molecule has 1 unspecified atom stereocenters. The summed E-state index contributed by atoms with van der Waals surface area (Å²) in [5, 5.41) is 3.27. The minimum Gasteiger partial charge on any atom is -0.337 e. The Morgan fingerprint density at radius 2 is 1.90 bits per heavy atom. The molecule has 0 saturated carbocycles. The average molecular weight is 276 g/mol. The maximum Gasteiger partial charge on any atom is 0.236 e. The van der Waals surface area contributed by atoms with Gasteiger partial charge in [0.15, 0.2) is 0 Å². The Bertz CT molecular complexity index is 400. The number of nitrogens with one attached hydrogen (secondary N) is 1. The molecule has 0 aromatic heterocycles. The molecule has 1 atom stereocenters. The second-order valence-corrected chi connectivity index (χ2v) is 5.49. The molecular formula is C17H28N2O. The van der Waals surface area contributed by atoms with Crippen molar-refractivity contribution in [2.45, 2.75) is 53.1 Å². The van der Waals surface area contributed by atoms with E-state index < -0.39 is 0 Å². The van der Waals surface area contributed by atoms with Crippen molar-refractivity contribution in [3.05, 3.63) is 35.4 Å². The van der Waals surface area contributed by atoms with E-state index in [1.54, 1.807) is 0 Å². The highest BCUT2D eigenvalue weighted by Gasteiger charge is 2.13. The summed E-state index contributed by atoms with van der Waals surface area (Å²) in [5.74, 6) is 0.188. The summed E-state index contributed by atoms with van der Waals surface area (Å²) in [6, 6.07) is 8.80. The van der Waals surface area contributed by atoms with Crippen LogP contribution in [0.2, 0.25) is 0 Å². The lowest BCUT2D eigenvalue weighted by molar-refractivity contribution is -0.131. The first-order chi connectivity index (χ1) is 9.56. The lowest BCUT2D eigenvalue weighted by Gasteiger charge is -2.23. The number of rotatable bonds is 8. The Morgan fingerprint density at radius 1 is 1.25 bits per heavy atom. The van der Waals surface area contributed by atoms with Crippen LogP contribution < -0.4 is 5.32 Å². The predicted molar refractivity (Wildman–Crippen MR) is 84.6 cm³/mol. The third-order valence-electron chi connectivity index (χ3n) is 3.55. The molecule has 112 valence electrons. The van der Waals surface area contributed by atoms with E-state index in [9.17, 15) is 4.79 Å². The van der Waals surface area contributed by atoms with Crippen LogP contribution in [0.4, 0.5) is 0 Å². The largest absolute Gasteiger partial charge is 0.337 e. The standard InChI is InChI=1S/C17H28N2O/c1-5-11-19(17(20)12-18-15(4)6-2)13-16-9-7-14(3)8-10-16/h7-10,15,18H,5-6,11-13H2,1-4H3. The number of aryl methyl sites for hydroxylation is 1. The maximum atomic E-state index is 12.3. The van der Waals surface area contributed by atoms with E-state index in [1.807, 2.05) is 4.90 Å². The SMILES string of the molecule is CCCN(Cc1ccc(C)cc1)C(=O)CNC(C)CC. The Hall–Kier alpha value is -1.35. The first-order valence-electron chi connectivity index (χ1n) is 7.63. The van der Waals surface area contributed by atoms with Crippen LogP contribution in [0.3, 0.4) is 0 Å². The fourth-order valence-electron chi connectivity index (χ4n) is 1.99. The molecule has 0 aliphatic rings. The van der Waals surface area contributed by atoms with Crippen LogP contribution in [0, 0.1) is 6.92 Å². The van der Waals surface area contributed by atoms with Gasteiger partial charge in [-0.05, 0) is 32.3 Å². The highest BCUT2D eigenvalue weighted by Crippen LogP contribution is 2.08. The van der Waals surface area contributed by atoms with Gasteiger partial charge in [-0.25, -0.2) is 0 Å². The quantitative estimate of drug-likeness (QED) is 0.791. The zero-order chi connectivity index (χ0) is 15.0. The van der Waals surface area contributed by atoms with Crippen LogP contribution in [-0.2, 0) is 11.3 Å². The molecule has 0 aliphatic carbocycles. The van der Waals surface area contributed by atoms with Crippen molar-refractivity contribution in [2.75, 3.05) is 13.1 Å². The molecule has 3 heteroatoms. The van der Waals surface area contributed by atoms with E-state index in [2.05, 4.69) is 57.3 Å². The van der Waals surface area contributed by atoms with Gasteiger partial charge in [-0.2, -0.15) is 0 Å². The lowest BCUT2D eigenvalue weighted by atomic mass is 10.1. The third kappa shape index (κ3) is 5.74. The van der Waals surface area contributed by atoms with Gasteiger partial charge in [0.25, 0.3) is 0 Å². The molecule has 20 heavy (non-hydrogen) atoms. The van der Waals surface area contributed by atoms with Gasteiger partial charge in [-0.15, -0.1) is 0 Å². The molecule has 1 amide bonds. The number of hydrogen-bond donors (Lipinski definition) is 1. The number of hydrogen-bond acceptors (Lipinski definition) is 2. The van der Waals surface area contributed by atoms with Crippen molar-refractivity contribution >= 4 is 5.91 Å². The highest BCUT2D eigenvalue weighted by molar-refractivity contribution is 5.78. The Balaban J connectivity index is 2.58. The second kappa shape index (κ2) is 8.75. The summed E-state index contributed by atoms with van der Waals surface area (Å²) in [6.07, 6.45) is 2.03. The number of carbonyl (C=O) groups excluding carboxylic acids is 1. The zero-order valence-corrected chi connectivity index (χ0v) is 13.3. The molecule has 0 spiro atoms. The van der Waals surface area contributed by atoms with E-state index in [1.165, 1.54) is 11.1 Å². The molecule has 1 aromatic rings. The number of nitrogens with zero attached hydrogens (tertiary/aromatic N) is 1. The topological polar surface area (TPSA) is 32.3 Å². The van der Waals surface area contributed by atoms with Gasteiger partial charge in [0.2, 0.25) is 5.91 Å². The van der Waals surface area contributed by atoms with Crippen LogP contribution in [0.1, 0.15) is 44.7 Å². The first-order valence-corrected chi connectivity index (χ1v) is 7.63. The van der Waals surface area contributed by atoms with Crippen molar-refractivity contribution in [1.82, 2.24) is 10.2 Å². The van der Waals surface area contributed by atoms with Gasteiger partial charge in [0, 0.05) is 19.1 Å². The summed E-state index contributed by atoms with van der Waals surface area (Å²) < 4.78 is 0. The van der Waals surface area contributed by atoms with Crippen molar-refractivity contribution in [3.63, 3.8) is 0 Å². The van der Waals surface area contributed by atoms with Crippen LogP contribution in [-0.4, -0.2) is 29.9 Å². The Kier molecular flexibility index (Phi) is 7.31. The molecule has 0 heterocycles. The monoisotopic (exact) mass is 276 g/mol. The van der Waals surface area contributed by atoms with Crippen LogP contribution in [0.5, 0.6) is 0 Å². The van der Waals surface area contributed by atoms with E-state index in [-0.39, 0.29) is 5.91 Å². The maximum absolute atomic E-state index is 12.3. The summed E-state index contributed by atoms with van der Waals surface area (Å²) in [7, 11) is 0. The van der Waals surface area contributed by atoms with E-state index in [0.29, 0.717) is 19.1 Å². The molecule has 0 fully saturated rings. The van der Waals surface area contributed by atoms with Gasteiger partial charge in [-0.1, -0.05) is 43.7 Å². The Labute approximate surface area is 123 Å². The van der Waals surface area contributed by atoms with Crippen LogP contribution in [0.25, 0.3) is 0 Å². The highest BCUT2D eigenvalue weighted by atomic mass is 16.2. The van der Waals surface area contributed by atoms with Gasteiger partial charge < -0.3 is 10.2 Å². The third-order valence-corrected chi connectivity index (χ3v) is 3.55. The van der Waals surface area contributed by atoms with Gasteiger partial charge in [-0.3, -0.25) is 4.79 Å². The molecular weight excluding hydrogens is 248 g/mol. The second-order valence-electron chi connectivity index (χ2n) is 5.49. The molecule has 3 nitrogen and oxygen atoms in total. The van der Waals surface area contributed by atoms with Crippen molar-refractivity contribution in [1.29, 1.82) is 0 Å². The fourth-order valence-corrected chi connectivity index (χ4v) is 1.99. The number of amides is 1.